The summed E-state index contributed by atoms with van der Waals surface area (Å²) in [6.07, 6.45) is 3.51. The molecule has 0 radical (unpaired) electrons. The summed E-state index contributed by atoms with van der Waals surface area (Å²) < 4.78 is 10.8. The summed E-state index contributed by atoms with van der Waals surface area (Å²) >= 11 is 0. The lowest BCUT2D eigenvalue weighted by atomic mass is 10.1. The molecule has 2 fully saturated rings. The summed E-state index contributed by atoms with van der Waals surface area (Å²) in [5.41, 5.74) is 2.41. The zero-order valence-corrected chi connectivity index (χ0v) is 16.9. The van der Waals surface area contributed by atoms with Crippen LogP contribution in [0.2, 0.25) is 0 Å². The predicted molar refractivity (Wildman–Crippen MR) is 110 cm³/mol. The van der Waals surface area contributed by atoms with Crippen molar-refractivity contribution in [2.45, 2.75) is 38.3 Å². The molecule has 0 atom stereocenters. The first-order valence-electron chi connectivity index (χ1n) is 10.0. The van der Waals surface area contributed by atoms with Gasteiger partial charge in [-0.1, -0.05) is 0 Å². The Balaban J connectivity index is 1.55. The van der Waals surface area contributed by atoms with Crippen LogP contribution >= 0.6 is 0 Å². The molecule has 1 aliphatic carbocycles. The second-order valence-corrected chi connectivity index (χ2v) is 7.54. The average molecular weight is 394 g/mol. The van der Waals surface area contributed by atoms with Gasteiger partial charge >= 0.3 is 0 Å². The smallest absolute Gasteiger partial charge is 0.254 e. The summed E-state index contributed by atoms with van der Waals surface area (Å²) in [6, 6.07) is 13.3. The molecule has 0 bridgehead atoms. The Morgan fingerprint density at radius 2 is 1.86 bits per heavy atom. The van der Waals surface area contributed by atoms with Crippen LogP contribution < -0.4 is 14.4 Å². The van der Waals surface area contributed by atoms with E-state index in [0.29, 0.717) is 18.5 Å². The van der Waals surface area contributed by atoms with Crippen LogP contribution in [-0.4, -0.2) is 43.5 Å². The van der Waals surface area contributed by atoms with Gasteiger partial charge in [-0.2, -0.15) is 0 Å². The van der Waals surface area contributed by atoms with Crippen LogP contribution in [0.25, 0.3) is 0 Å². The number of hydrogen-bond acceptors (Lipinski definition) is 4. The Hall–Kier alpha value is -3.02. The van der Waals surface area contributed by atoms with Gasteiger partial charge < -0.3 is 19.3 Å². The zero-order chi connectivity index (χ0) is 20.4. The van der Waals surface area contributed by atoms with Crippen LogP contribution in [0.5, 0.6) is 11.5 Å². The van der Waals surface area contributed by atoms with Crippen molar-refractivity contribution >= 4 is 17.5 Å². The average Bonchev–Trinajstić information content (AvgIpc) is 3.51. The summed E-state index contributed by atoms with van der Waals surface area (Å²) in [5, 5.41) is 0. The molecule has 0 N–H and O–H groups in total. The van der Waals surface area contributed by atoms with Gasteiger partial charge in [0.2, 0.25) is 5.91 Å². The summed E-state index contributed by atoms with van der Waals surface area (Å²) in [5.74, 6) is 1.63. The highest BCUT2D eigenvalue weighted by atomic mass is 16.5. The van der Waals surface area contributed by atoms with E-state index in [0.717, 1.165) is 48.6 Å². The first-order chi connectivity index (χ1) is 14.1. The molecule has 1 saturated carbocycles. The van der Waals surface area contributed by atoms with E-state index in [-0.39, 0.29) is 17.9 Å². The van der Waals surface area contributed by atoms with E-state index in [1.54, 1.807) is 19.1 Å². The lowest BCUT2D eigenvalue weighted by Gasteiger charge is -2.24. The standard InChI is InChI=1S/C23H26N2O4/c1-28-20-11-12-21(29-2)17(14-20)15-25(19-9-10-19)23(27)16-5-7-18(8-6-16)24-13-3-4-22(24)26/h5-8,11-12,14,19H,3-4,9-10,13,15H2,1-2H3. The fourth-order valence-corrected chi connectivity index (χ4v) is 3.81. The highest BCUT2D eigenvalue weighted by Crippen LogP contribution is 2.33. The minimum Gasteiger partial charge on any atom is -0.497 e. The Labute approximate surface area is 171 Å². The normalized spacial score (nSPS) is 16.1. The highest BCUT2D eigenvalue weighted by molar-refractivity contribution is 5.97. The fraction of sp³-hybridized carbons (Fsp3) is 0.391. The lowest BCUT2D eigenvalue weighted by molar-refractivity contribution is -0.117. The number of ether oxygens (including phenoxy) is 2. The molecule has 29 heavy (non-hydrogen) atoms. The van der Waals surface area contributed by atoms with Gasteiger partial charge in [-0.3, -0.25) is 9.59 Å². The van der Waals surface area contributed by atoms with Crippen molar-refractivity contribution in [3.63, 3.8) is 0 Å². The van der Waals surface area contributed by atoms with Crippen molar-refractivity contribution < 1.29 is 19.1 Å². The topological polar surface area (TPSA) is 59.1 Å². The van der Waals surface area contributed by atoms with Gasteiger partial charge in [-0.05, 0) is 61.7 Å². The first-order valence-corrected chi connectivity index (χ1v) is 10.0. The monoisotopic (exact) mass is 394 g/mol. The van der Waals surface area contributed by atoms with Crippen molar-refractivity contribution in [3.05, 3.63) is 53.6 Å². The quantitative estimate of drug-likeness (QED) is 0.720. The van der Waals surface area contributed by atoms with E-state index >= 15 is 0 Å². The van der Waals surface area contributed by atoms with Gasteiger partial charge in [0, 0.05) is 35.8 Å². The largest absolute Gasteiger partial charge is 0.497 e. The van der Waals surface area contributed by atoms with Gasteiger partial charge in [0.15, 0.2) is 0 Å². The fourth-order valence-electron chi connectivity index (χ4n) is 3.81. The van der Waals surface area contributed by atoms with Crippen LogP contribution in [0.15, 0.2) is 42.5 Å². The van der Waals surface area contributed by atoms with E-state index in [4.69, 9.17) is 9.47 Å². The lowest BCUT2D eigenvalue weighted by Crippen LogP contribution is -2.32. The van der Waals surface area contributed by atoms with Gasteiger partial charge in [0.05, 0.1) is 20.8 Å². The molecule has 2 aliphatic rings. The molecule has 1 aliphatic heterocycles. The molecule has 4 rings (SSSR count). The molecule has 2 amide bonds. The van der Waals surface area contributed by atoms with Gasteiger partial charge in [-0.15, -0.1) is 0 Å². The zero-order valence-electron chi connectivity index (χ0n) is 16.9. The van der Waals surface area contributed by atoms with E-state index in [1.807, 2.05) is 47.4 Å². The third-order valence-corrected chi connectivity index (χ3v) is 5.58. The number of carbonyl (C=O) groups excluding carboxylic acids is 2. The number of methoxy groups -OCH3 is 2. The maximum absolute atomic E-state index is 13.3. The van der Waals surface area contributed by atoms with Crippen LogP contribution in [-0.2, 0) is 11.3 Å². The van der Waals surface area contributed by atoms with Crippen molar-refractivity contribution in [2.24, 2.45) is 0 Å². The van der Waals surface area contributed by atoms with Crippen molar-refractivity contribution in [1.82, 2.24) is 4.90 Å². The van der Waals surface area contributed by atoms with Gasteiger partial charge in [0.25, 0.3) is 5.91 Å². The van der Waals surface area contributed by atoms with Gasteiger partial charge in [0.1, 0.15) is 11.5 Å². The van der Waals surface area contributed by atoms with E-state index in [9.17, 15) is 9.59 Å². The van der Waals surface area contributed by atoms with Crippen LogP contribution in [0.1, 0.15) is 41.6 Å². The molecule has 1 heterocycles. The molecule has 0 aromatic heterocycles. The Morgan fingerprint density at radius 3 is 2.45 bits per heavy atom. The van der Waals surface area contributed by atoms with Crippen molar-refractivity contribution in [3.8, 4) is 11.5 Å². The molecule has 2 aromatic rings. The molecular weight excluding hydrogens is 368 g/mol. The number of benzene rings is 2. The number of hydrogen-bond donors (Lipinski definition) is 0. The van der Waals surface area contributed by atoms with Crippen LogP contribution in [0, 0.1) is 0 Å². The van der Waals surface area contributed by atoms with Crippen molar-refractivity contribution in [2.75, 3.05) is 25.7 Å². The maximum Gasteiger partial charge on any atom is 0.254 e. The van der Waals surface area contributed by atoms with Crippen LogP contribution in [0.4, 0.5) is 5.69 Å². The van der Waals surface area contributed by atoms with Gasteiger partial charge in [-0.25, -0.2) is 0 Å². The predicted octanol–water partition coefficient (Wildman–Crippen LogP) is 3.64. The minimum atomic E-state index is -0.00308. The summed E-state index contributed by atoms with van der Waals surface area (Å²) in [7, 11) is 3.26. The number of carbonyl (C=O) groups is 2. The van der Waals surface area contributed by atoms with Crippen LogP contribution in [0.3, 0.4) is 0 Å². The minimum absolute atomic E-state index is 0.00308. The molecule has 1 saturated heterocycles. The summed E-state index contributed by atoms with van der Waals surface area (Å²) in [4.78, 5) is 28.9. The molecule has 6 heteroatoms. The Morgan fingerprint density at radius 1 is 1.10 bits per heavy atom. The van der Waals surface area contributed by atoms with E-state index in [2.05, 4.69) is 0 Å². The second-order valence-electron chi connectivity index (χ2n) is 7.54. The molecule has 0 spiro atoms. The summed E-state index contributed by atoms with van der Waals surface area (Å²) in [6.45, 7) is 1.21. The van der Waals surface area contributed by atoms with E-state index < -0.39 is 0 Å². The second kappa shape index (κ2) is 8.15. The Bertz CT molecular complexity index is 906. The molecular formula is C23H26N2O4. The molecule has 152 valence electrons. The number of anilines is 1. The molecule has 6 nitrogen and oxygen atoms in total. The molecule has 0 unspecified atom stereocenters. The van der Waals surface area contributed by atoms with Crippen molar-refractivity contribution in [1.29, 1.82) is 0 Å². The maximum atomic E-state index is 13.3. The SMILES string of the molecule is COc1ccc(OC)c(CN(C(=O)c2ccc(N3CCCC3=O)cc2)C2CC2)c1. The highest BCUT2D eigenvalue weighted by Gasteiger charge is 2.34. The third kappa shape index (κ3) is 4.06. The molecule has 2 aromatic carbocycles. The number of amides is 2. The Kier molecular flexibility index (Phi) is 5.43. The number of nitrogens with zero attached hydrogens (tertiary/aromatic N) is 2. The van der Waals surface area contributed by atoms with E-state index in [1.165, 1.54) is 0 Å². The first kappa shape index (κ1) is 19.3. The third-order valence-electron chi connectivity index (χ3n) is 5.58. The number of rotatable bonds is 7.